The Bertz CT molecular complexity index is 520. The molecule has 1 fully saturated rings. The SMILES string of the molecule is CNCc1ccn(Cc2ccn(C3CCCC3)n2)c1. The van der Waals surface area contributed by atoms with Crippen LogP contribution < -0.4 is 5.32 Å². The van der Waals surface area contributed by atoms with Crippen molar-refractivity contribution in [3.8, 4) is 0 Å². The van der Waals surface area contributed by atoms with Crippen LogP contribution in [0.3, 0.4) is 0 Å². The summed E-state index contributed by atoms with van der Waals surface area (Å²) in [5.41, 5.74) is 2.47. The number of hydrogen-bond acceptors (Lipinski definition) is 2. The number of nitrogens with one attached hydrogen (secondary N) is 1. The van der Waals surface area contributed by atoms with Crippen molar-refractivity contribution >= 4 is 0 Å². The van der Waals surface area contributed by atoms with E-state index in [1.165, 1.54) is 31.2 Å². The summed E-state index contributed by atoms with van der Waals surface area (Å²) in [6, 6.07) is 4.94. The van der Waals surface area contributed by atoms with Crippen molar-refractivity contribution in [2.75, 3.05) is 7.05 Å². The van der Waals surface area contributed by atoms with Crippen molar-refractivity contribution < 1.29 is 0 Å². The Morgan fingerprint density at radius 2 is 2.11 bits per heavy atom. The quantitative estimate of drug-likeness (QED) is 0.894. The van der Waals surface area contributed by atoms with Crippen LogP contribution in [0.15, 0.2) is 30.7 Å². The molecule has 0 bridgehead atoms. The highest BCUT2D eigenvalue weighted by Gasteiger charge is 2.17. The minimum Gasteiger partial charge on any atom is -0.348 e. The summed E-state index contributed by atoms with van der Waals surface area (Å²) in [7, 11) is 1.97. The second-order valence-electron chi connectivity index (χ2n) is 5.45. The minimum atomic E-state index is 0.637. The van der Waals surface area contributed by atoms with Crippen molar-refractivity contribution in [1.82, 2.24) is 19.7 Å². The van der Waals surface area contributed by atoms with Crippen molar-refractivity contribution in [2.45, 2.75) is 44.8 Å². The number of rotatable bonds is 5. The normalized spacial score (nSPS) is 16.3. The van der Waals surface area contributed by atoms with Gasteiger partial charge >= 0.3 is 0 Å². The molecule has 0 aliphatic heterocycles. The first-order valence-electron chi connectivity index (χ1n) is 7.18. The van der Waals surface area contributed by atoms with Gasteiger partial charge in [0.1, 0.15) is 0 Å². The van der Waals surface area contributed by atoms with E-state index in [9.17, 15) is 0 Å². The summed E-state index contributed by atoms with van der Waals surface area (Å²) in [6.07, 6.45) is 11.7. The van der Waals surface area contributed by atoms with Crippen LogP contribution in [-0.4, -0.2) is 21.4 Å². The van der Waals surface area contributed by atoms with Gasteiger partial charge in [-0.05, 0) is 37.6 Å². The summed E-state index contributed by atoms with van der Waals surface area (Å²) in [4.78, 5) is 0. The Morgan fingerprint density at radius 1 is 1.26 bits per heavy atom. The van der Waals surface area contributed by atoms with Gasteiger partial charge in [0.25, 0.3) is 0 Å². The fourth-order valence-electron chi connectivity index (χ4n) is 2.92. The maximum absolute atomic E-state index is 4.72. The first-order valence-corrected chi connectivity index (χ1v) is 7.18. The molecular weight excluding hydrogens is 236 g/mol. The molecule has 4 nitrogen and oxygen atoms in total. The maximum atomic E-state index is 4.72. The zero-order valence-electron chi connectivity index (χ0n) is 11.5. The molecule has 0 saturated heterocycles. The molecule has 2 heterocycles. The van der Waals surface area contributed by atoms with E-state index in [2.05, 4.69) is 45.3 Å². The smallest absolute Gasteiger partial charge is 0.0821 e. The zero-order chi connectivity index (χ0) is 13.1. The van der Waals surface area contributed by atoms with Crippen LogP contribution in [0, 0.1) is 0 Å². The highest BCUT2D eigenvalue weighted by Crippen LogP contribution is 2.28. The average molecular weight is 258 g/mol. The van der Waals surface area contributed by atoms with E-state index in [-0.39, 0.29) is 0 Å². The molecule has 0 unspecified atom stereocenters. The third kappa shape index (κ3) is 2.89. The predicted molar refractivity (Wildman–Crippen MR) is 76.0 cm³/mol. The molecule has 1 aliphatic rings. The Labute approximate surface area is 114 Å². The largest absolute Gasteiger partial charge is 0.348 e. The van der Waals surface area contributed by atoms with Crippen molar-refractivity contribution in [1.29, 1.82) is 0 Å². The van der Waals surface area contributed by atoms with E-state index < -0.39 is 0 Å². The number of hydrogen-bond donors (Lipinski definition) is 1. The summed E-state index contributed by atoms with van der Waals surface area (Å²) in [5, 5.41) is 7.89. The monoisotopic (exact) mass is 258 g/mol. The van der Waals surface area contributed by atoms with Gasteiger partial charge in [0.2, 0.25) is 0 Å². The third-order valence-corrected chi connectivity index (χ3v) is 3.90. The second kappa shape index (κ2) is 5.61. The molecule has 3 rings (SSSR count). The van der Waals surface area contributed by atoms with Crippen molar-refractivity contribution in [2.24, 2.45) is 0 Å². The molecule has 102 valence electrons. The summed E-state index contributed by atoms with van der Waals surface area (Å²) in [5.74, 6) is 0. The molecule has 0 atom stereocenters. The molecule has 0 amide bonds. The molecule has 0 spiro atoms. The van der Waals surface area contributed by atoms with E-state index >= 15 is 0 Å². The molecule has 1 N–H and O–H groups in total. The molecular formula is C15H22N4. The fraction of sp³-hybridized carbons (Fsp3) is 0.533. The maximum Gasteiger partial charge on any atom is 0.0821 e. The third-order valence-electron chi connectivity index (χ3n) is 3.90. The lowest BCUT2D eigenvalue weighted by Gasteiger charge is -2.08. The molecule has 1 saturated carbocycles. The molecule has 0 radical (unpaired) electrons. The standard InChI is InChI=1S/C15H22N4/c1-16-10-13-6-8-18(11-13)12-14-7-9-19(17-14)15-4-2-3-5-15/h6-9,11,15-16H,2-5,10,12H2,1H3. The average Bonchev–Trinajstić information content (AvgIpc) is 3.10. The lowest BCUT2D eigenvalue weighted by atomic mass is 10.3. The highest BCUT2D eigenvalue weighted by molar-refractivity contribution is 5.12. The second-order valence-corrected chi connectivity index (χ2v) is 5.45. The van der Waals surface area contributed by atoms with E-state index in [1.807, 2.05) is 7.05 Å². The van der Waals surface area contributed by atoms with Crippen LogP contribution in [0.4, 0.5) is 0 Å². The van der Waals surface area contributed by atoms with Gasteiger partial charge in [-0.15, -0.1) is 0 Å². The van der Waals surface area contributed by atoms with Crippen LogP contribution in [0.2, 0.25) is 0 Å². The Kier molecular flexibility index (Phi) is 3.69. The highest BCUT2D eigenvalue weighted by atomic mass is 15.3. The summed E-state index contributed by atoms with van der Waals surface area (Å²) in [6.45, 7) is 1.78. The lowest BCUT2D eigenvalue weighted by Crippen LogP contribution is -2.07. The summed E-state index contributed by atoms with van der Waals surface area (Å²) >= 11 is 0. The van der Waals surface area contributed by atoms with Crippen molar-refractivity contribution in [3.63, 3.8) is 0 Å². The van der Waals surface area contributed by atoms with Gasteiger partial charge in [0.05, 0.1) is 18.3 Å². The Balaban J connectivity index is 1.65. The lowest BCUT2D eigenvalue weighted by molar-refractivity contribution is 0.461. The van der Waals surface area contributed by atoms with Gasteiger partial charge in [-0.2, -0.15) is 5.10 Å². The van der Waals surface area contributed by atoms with Crippen LogP contribution in [-0.2, 0) is 13.1 Å². The van der Waals surface area contributed by atoms with E-state index in [4.69, 9.17) is 5.10 Å². The number of nitrogens with zero attached hydrogens (tertiary/aromatic N) is 3. The van der Waals surface area contributed by atoms with Gasteiger partial charge in [-0.1, -0.05) is 12.8 Å². The van der Waals surface area contributed by atoms with Gasteiger partial charge in [-0.25, -0.2) is 0 Å². The molecule has 4 heteroatoms. The minimum absolute atomic E-state index is 0.637. The predicted octanol–water partition coefficient (Wildman–Crippen LogP) is 2.57. The Morgan fingerprint density at radius 3 is 2.89 bits per heavy atom. The number of aromatic nitrogens is 3. The van der Waals surface area contributed by atoms with Gasteiger partial charge < -0.3 is 9.88 Å². The van der Waals surface area contributed by atoms with Gasteiger partial charge in [-0.3, -0.25) is 4.68 Å². The first kappa shape index (κ1) is 12.5. The first-order chi connectivity index (χ1) is 9.35. The van der Waals surface area contributed by atoms with E-state index in [0.717, 1.165) is 18.8 Å². The Hall–Kier alpha value is -1.55. The fourth-order valence-corrected chi connectivity index (χ4v) is 2.92. The molecule has 2 aromatic heterocycles. The van der Waals surface area contributed by atoms with Crippen molar-refractivity contribution in [3.05, 3.63) is 42.0 Å². The van der Waals surface area contributed by atoms with E-state index in [0.29, 0.717) is 6.04 Å². The molecule has 0 aromatic carbocycles. The van der Waals surface area contributed by atoms with Crippen LogP contribution in [0.5, 0.6) is 0 Å². The molecule has 1 aliphatic carbocycles. The van der Waals surface area contributed by atoms with Crippen LogP contribution in [0.1, 0.15) is 43.0 Å². The topological polar surface area (TPSA) is 34.8 Å². The van der Waals surface area contributed by atoms with Gasteiger partial charge in [0.15, 0.2) is 0 Å². The summed E-state index contributed by atoms with van der Waals surface area (Å²) < 4.78 is 4.37. The van der Waals surface area contributed by atoms with Crippen LogP contribution in [0.25, 0.3) is 0 Å². The van der Waals surface area contributed by atoms with Crippen LogP contribution >= 0.6 is 0 Å². The van der Waals surface area contributed by atoms with Gasteiger partial charge in [0, 0.05) is 25.1 Å². The van der Waals surface area contributed by atoms with E-state index in [1.54, 1.807) is 0 Å². The zero-order valence-corrected chi connectivity index (χ0v) is 11.5. The molecule has 2 aromatic rings. The molecule has 19 heavy (non-hydrogen) atoms.